The summed E-state index contributed by atoms with van der Waals surface area (Å²) in [5.41, 5.74) is 2.04. The lowest BCUT2D eigenvalue weighted by Gasteiger charge is -2.21. The highest BCUT2D eigenvalue weighted by Gasteiger charge is 2.18. The van der Waals surface area contributed by atoms with Gasteiger partial charge < -0.3 is 14.7 Å². The summed E-state index contributed by atoms with van der Waals surface area (Å²) in [5, 5.41) is 9.17. The molecule has 0 unspecified atom stereocenters. The van der Waals surface area contributed by atoms with Crippen LogP contribution in [0.1, 0.15) is 21.6 Å². The number of carbonyl (C=O) groups is 1. The van der Waals surface area contributed by atoms with Crippen molar-refractivity contribution in [1.82, 2.24) is 4.98 Å². The van der Waals surface area contributed by atoms with Crippen LogP contribution in [0.15, 0.2) is 36.4 Å². The molecular formula is C16H16N2O3. The summed E-state index contributed by atoms with van der Waals surface area (Å²) < 4.78 is 5.72. The molecule has 1 N–H and O–H groups in total. The molecule has 0 atom stereocenters. The van der Waals surface area contributed by atoms with Crippen molar-refractivity contribution in [3.05, 3.63) is 53.2 Å². The zero-order valence-electron chi connectivity index (χ0n) is 11.7. The quantitative estimate of drug-likeness (QED) is 0.918. The van der Waals surface area contributed by atoms with Crippen LogP contribution in [0.25, 0.3) is 0 Å². The molecule has 3 rings (SSSR count). The van der Waals surface area contributed by atoms with E-state index in [0.717, 1.165) is 11.3 Å². The molecule has 1 aromatic carbocycles. The van der Waals surface area contributed by atoms with Gasteiger partial charge in [-0.05, 0) is 25.1 Å². The van der Waals surface area contributed by atoms with Crippen molar-refractivity contribution >= 4 is 11.8 Å². The molecule has 2 heterocycles. The molecule has 0 fully saturated rings. The van der Waals surface area contributed by atoms with Crippen molar-refractivity contribution < 1.29 is 14.6 Å². The van der Waals surface area contributed by atoms with E-state index in [1.807, 2.05) is 29.2 Å². The van der Waals surface area contributed by atoms with Gasteiger partial charge >= 0.3 is 5.97 Å². The van der Waals surface area contributed by atoms with Gasteiger partial charge in [0.15, 0.2) is 0 Å². The summed E-state index contributed by atoms with van der Waals surface area (Å²) in [4.78, 5) is 17.7. The highest BCUT2D eigenvalue weighted by atomic mass is 16.5. The Hall–Kier alpha value is -2.56. The molecule has 0 aliphatic carbocycles. The summed E-state index contributed by atoms with van der Waals surface area (Å²) in [6.07, 6.45) is 0. The molecule has 5 nitrogen and oxygen atoms in total. The van der Waals surface area contributed by atoms with Gasteiger partial charge in [0.05, 0.1) is 12.1 Å². The van der Waals surface area contributed by atoms with E-state index < -0.39 is 5.97 Å². The maximum atomic E-state index is 11.2. The van der Waals surface area contributed by atoms with Crippen LogP contribution in [0.5, 0.6) is 5.75 Å². The van der Waals surface area contributed by atoms with Gasteiger partial charge in [-0.2, -0.15) is 0 Å². The summed E-state index contributed by atoms with van der Waals surface area (Å²) >= 11 is 0. The minimum absolute atomic E-state index is 0.260. The lowest BCUT2D eigenvalue weighted by molar-refractivity contribution is 0.0696. The van der Waals surface area contributed by atoms with E-state index in [4.69, 9.17) is 4.74 Å². The predicted molar refractivity (Wildman–Crippen MR) is 78.9 cm³/mol. The van der Waals surface area contributed by atoms with Crippen molar-refractivity contribution in [1.29, 1.82) is 0 Å². The Morgan fingerprint density at radius 1 is 1.33 bits per heavy atom. The fourth-order valence-electron chi connectivity index (χ4n) is 2.46. The van der Waals surface area contributed by atoms with Gasteiger partial charge in [0.2, 0.25) is 0 Å². The van der Waals surface area contributed by atoms with Gasteiger partial charge in [-0.15, -0.1) is 0 Å². The van der Waals surface area contributed by atoms with Gasteiger partial charge in [0.1, 0.15) is 18.2 Å². The molecule has 1 aromatic heterocycles. The van der Waals surface area contributed by atoms with Crippen molar-refractivity contribution in [2.24, 2.45) is 0 Å². The monoisotopic (exact) mass is 284 g/mol. The molecule has 2 aromatic rings. The molecule has 108 valence electrons. The molecule has 5 heteroatoms. The Bertz CT molecular complexity index is 685. The molecule has 0 saturated heterocycles. The fourth-order valence-corrected chi connectivity index (χ4v) is 2.46. The fraction of sp³-hybridized carbons (Fsp3) is 0.250. The molecule has 1 aliphatic rings. The molecule has 0 spiro atoms. The van der Waals surface area contributed by atoms with Gasteiger partial charge in [0.25, 0.3) is 0 Å². The first-order valence-corrected chi connectivity index (χ1v) is 6.81. The van der Waals surface area contributed by atoms with E-state index in [2.05, 4.69) is 4.98 Å². The molecule has 0 saturated carbocycles. The predicted octanol–water partition coefficient (Wildman–Crippen LogP) is 2.49. The Balaban J connectivity index is 1.95. The zero-order valence-corrected chi connectivity index (χ0v) is 11.7. The number of carboxylic acid groups (broad SMARTS) is 1. The Labute approximate surface area is 122 Å². The van der Waals surface area contributed by atoms with E-state index >= 15 is 0 Å². The second-order valence-electron chi connectivity index (χ2n) is 5.04. The van der Waals surface area contributed by atoms with Crippen LogP contribution in [0, 0.1) is 6.92 Å². The maximum Gasteiger partial charge on any atom is 0.335 e. The van der Waals surface area contributed by atoms with Gasteiger partial charge in [0, 0.05) is 17.8 Å². The lowest BCUT2D eigenvalue weighted by atomic mass is 10.2. The molecule has 0 amide bonds. The lowest BCUT2D eigenvalue weighted by Crippen LogP contribution is -2.26. The number of ether oxygens (including phenoxy) is 1. The highest BCUT2D eigenvalue weighted by molar-refractivity contribution is 5.88. The van der Waals surface area contributed by atoms with Crippen molar-refractivity contribution in [2.45, 2.75) is 13.5 Å². The number of hydrogen-bond donors (Lipinski definition) is 1. The van der Waals surface area contributed by atoms with Crippen molar-refractivity contribution in [3.63, 3.8) is 0 Å². The summed E-state index contributed by atoms with van der Waals surface area (Å²) in [5.74, 6) is 0.618. The average molecular weight is 284 g/mol. The van der Waals surface area contributed by atoms with E-state index in [0.29, 0.717) is 31.2 Å². The van der Waals surface area contributed by atoms with Crippen molar-refractivity contribution in [2.75, 3.05) is 18.1 Å². The van der Waals surface area contributed by atoms with Gasteiger partial charge in [-0.3, -0.25) is 0 Å². The van der Waals surface area contributed by atoms with Crippen LogP contribution in [0.4, 0.5) is 5.82 Å². The van der Waals surface area contributed by atoms with Gasteiger partial charge in [-0.1, -0.05) is 18.2 Å². The minimum Gasteiger partial charge on any atom is -0.491 e. The second-order valence-corrected chi connectivity index (χ2v) is 5.04. The van der Waals surface area contributed by atoms with Crippen molar-refractivity contribution in [3.8, 4) is 5.75 Å². The first kappa shape index (κ1) is 13.4. The number of pyridine rings is 1. The summed E-state index contributed by atoms with van der Waals surface area (Å²) in [6, 6.07) is 11.1. The van der Waals surface area contributed by atoms with Crippen LogP contribution in [0.2, 0.25) is 0 Å². The number of para-hydroxylation sites is 1. The number of fused-ring (bicyclic) bond motifs is 1. The van der Waals surface area contributed by atoms with Gasteiger partial charge in [-0.25, -0.2) is 9.78 Å². The molecule has 1 aliphatic heterocycles. The number of rotatable bonds is 2. The third-order valence-electron chi connectivity index (χ3n) is 3.46. The SMILES string of the molecule is Cc1cc(C(=O)O)cc(N2CCOc3ccccc3C2)n1. The first-order chi connectivity index (χ1) is 10.1. The largest absolute Gasteiger partial charge is 0.491 e. The first-order valence-electron chi connectivity index (χ1n) is 6.81. The van der Waals surface area contributed by atoms with Crippen LogP contribution < -0.4 is 9.64 Å². The number of hydrogen-bond acceptors (Lipinski definition) is 4. The number of carboxylic acids is 1. The Morgan fingerprint density at radius 3 is 2.95 bits per heavy atom. The zero-order chi connectivity index (χ0) is 14.8. The molecule has 0 bridgehead atoms. The molecule has 0 radical (unpaired) electrons. The van der Waals surface area contributed by atoms with Crippen LogP contribution in [-0.2, 0) is 6.54 Å². The van der Waals surface area contributed by atoms with E-state index in [1.165, 1.54) is 0 Å². The average Bonchev–Trinajstić information content (AvgIpc) is 2.68. The van der Waals surface area contributed by atoms with E-state index in [1.54, 1.807) is 19.1 Å². The number of benzene rings is 1. The van der Waals surface area contributed by atoms with Crippen LogP contribution in [0.3, 0.4) is 0 Å². The van der Waals surface area contributed by atoms with E-state index in [-0.39, 0.29) is 5.56 Å². The number of nitrogens with zero attached hydrogens (tertiary/aromatic N) is 2. The second kappa shape index (κ2) is 5.44. The maximum absolute atomic E-state index is 11.2. The topological polar surface area (TPSA) is 62.7 Å². The summed E-state index contributed by atoms with van der Waals surface area (Å²) in [7, 11) is 0. The number of aryl methyl sites for hydroxylation is 1. The Kier molecular flexibility index (Phi) is 3.48. The third-order valence-corrected chi connectivity index (χ3v) is 3.46. The molecule has 21 heavy (non-hydrogen) atoms. The number of aromatic nitrogens is 1. The number of aromatic carboxylic acids is 1. The van der Waals surface area contributed by atoms with E-state index in [9.17, 15) is 9.90 Å². The number of anilines is 1. The Morgan fingerprint density at radius 2 is 2.14 bits per heavy atom. The molecular weight excluding hydrogens is 268 g/mol. The van der Waals surface area contributed by atoms with Crippen LogP contribution >= 0.6 is 0 Å². The summed E-state index contributed by atoms with van der Waals surface area (Å²) in [6.45, 7) is 3.68. The smallest absolute Gasteiger partial charge is 0.335 e. The standard InChI is InChI=1S/C16H16N2O3/c1-11-8-13(16(19)20)9-15(17-11)18-6-7-21-14-5-3-2-4-12(14)10-18/h2-5,8-9H,6-7,10H2,1H3,(H,19,20). The third kappa shape index (κ3) is 2.81. The van der Waals surface area contributed by atoms with Crippen LogP contribution in [-0.4, -0.2) is 29.2 Å². The minimum atomic E-state index is -0.937. The highest BCUT2D eigenvalue weighted by Crippen LogP contribution is 2.25. The normalized spacial score (nSPS) is 14.0.